The maximum Gasteiger partial charge on any atom is 0.270 e. The lowest BCUT2D eigenvalue weighted by Crippen LogP contribution is -2.42. The molecule has 1 aliphatic carbocycles. The molecule has 0 radical (unpaired) electrons. The Morgan fingerprint density at radius 3 is 2.46 bits per heavy atom. The molecule has 0 saturated heterocycles. The number of amides is 2. The van der Waals surface area contributed by atoms with Crippen molar-refractivity contribution in [2.45, 2.75) is 12.8 Å². The Bertz CT molecular complexity index is 998. The maximum atomic E-state index is 13.2. The topological polar surface area (TPSA) is 71.1 Å². The number of benzene rings is 2. The summed E-state index contributed by atoms with van der Waals surface area (Å²) in [6.45, 7) is 0. The van der Waals surface area contributed by atoms with Crippen molar-refractivity contribution in [2.75, 3.05) is 0 Å². The first-order valence-corrected chi connectivity index (χ1v) is 8.38. The van der Waals surface area contributed by atoms with Crippen molar-refractivity contribution in [1.82, 2.24) is 15.8 Å². The highest BCUT2D eigenvalue weighted by molar-refractivity contribution is 6.07. The number of para-hydroxylation sites is 1. The molecule has 0 bridgehead atoms. The molecule has 0 atom stereocenters. The van der Waals surface area contributed by atoms with Crippen LogP contribution in [0.5, 0.6) is 0 Å². The van der Waals surface area contributed by atoms with E-state index in [0.29, 0.717) is 27.7 Å². The van der Waals surface area contributed by atoms with Gasteiger partial charge in [0.15, 0.2) is 0 Å². The van der Waals surface area contributed by atoms with E-state index in [1.807, 2.05) is 18.2 Å². The Morgan fingerprint density at radius 2 is 1.73 bits per heavy atom. The normalized spacial score (nSPS) is 13.4. The van der Waals surface area contributed by atoms with Gasteiger partial charge in [-0.15, -0.1) is 0 Å². The van der Waals surface area contributed by atoms with Crippen LogP contribution in [0.2, 0.25) is 0 Å². The van der Waals surface area contributed by atoms with Crippen molar-refractivity contribution in [2.24, 2.45) is 5.92 Å². The first kappa shape index (κ1) is 16.2. The minimum Gasteiger partial charge on any atom is -0.273 e. The molecule has 0 aliphatic heterocycles. The number of pyridine rings is 1. The summed E-state index contributed by atoms with van der Waals surface area (Å²) in [7, 11) is 0. The largest absolute Gasteiger partial charge is 0.273 e. The monoisotopic (exact) mass is 349 g/mol. The highest BCUT2D eigenvalue weighted by Gasteiger charge is 2.30. The van der Waals surface area contributed by atoms with Crippen molar-refractivity contribution in [3.63, 3.8) is 0 Å². The van der Waals surface area contributed by atoms with Crippen LogP contribution in [0.1, 0.15) is 23.2 Å². The molecule has 3 aromatic rings. The second-order valence-corrected chi connectivity index (χ2v) is 6.30. The van der Waals surface area contributed by atoms with E-state index in [0.717, 1.165) is 12.8 Å². The molecule has 1 heterocycles. The van der Waals surface area contributed by atoms with Gasteiger partial charge in [-0.3, -0.25) is 20.4 Å². The number of carbonyl (C=O) groups excluding carboxylic acids is 2. The Hall–Kier alpha value is -3.28. The van der Waals surface area contributed by atoms with Crippen LogP contribution in [-0.2, 0) is 4.79 Å². The maximum absolute atomic E-state index is 13.2. The standard InChI is InChI=1S/C20H16FN3O2/c21-14-9-7-12(8-10-14)18-11-16(15-3-1-2-4-17(15)22-18)20(26)24-23-19(25)13-5-6-13/h1-4,7-11,13H,5-6H2,(H,23,25)(H,24,26). The van der Waals surface area contributed by atoms with E-state index in [9.17, 15) is 14.0 Å². The summed E-state index contributed by atoms with van der Waals surface area (Å²) in [5.74, 6) is -0.925. The van der Waals surface area contributed by atoms with Gasteiger partial charge in [-0.05, 0) is 49.2 Å². The molecular formula is C20H16FN3O2. The molecule has 0 unspecified atom stereocenters. The molecule has 1 aliphatic rings. The third-order valence-electron chi connectivity index (χ3n) is 4.35. The van der Waals surface area contributed by atoms with Crippen molar-refractivity contribution in [3.05, 3.63) is 66.0 Å². The minimum absolute atomic E-state index is 0.000685. The smallest absolute Gasteiger partial charge is 0.270 e. The fourth-order valence-electron chi connectivity index (χ4n) is 2.77. The highest BCUT2D eigenvalue weighted by atomic mass is 19.1. The fourth-order valence-corrected chi connectivity index (χ4v) is 2.77. The Labute approximate surface area is 149 Å². The predicted octanol–water partition coefficient (Wildman–Crippen LogP) is 3.21. The van der Waals surface area contributed by atoms with Crippen LogP contribution >= 0.6 is 0 Å². The molecule has 1 saturated carbocycles. The number of hydrazine groups is 1. The van der Waals surface area contributed by atoms with Crippen LogP contribution in [0.4, 0.5) is 4.39 Å². The van der Waals surface area contributed by atoms with E-state index < -0.39 is 5.91 Å². The molecule has 6 heteroatoms. The van der Waals surface area contributed by atoms with E-state index in [1.54, 1.807) is 24.3 Å². The summed E-state index contributed by atoms with van der Waals surface area (Å²) < 4.78 is 13.2. The molecule has 2 amide bonds. The van der Waals surface area contributed by atoms with Crippen molar-refractivity contribution >= 4 is 22.7 Å². The number of nitrogens with zero attached hydrogens (tertiary/aromatic N) is 1. The summed E-state index contributed by atoms with van der Waals surface area (Å²) in [6, 6.07) is 14.8. The lowest BCUT2D eigenvalue weighted by molar-refractivity contribution is -0.123. The Balaban J connectivity index is 1.70. The van der Waals surface area contributed by atoms with Crippen LogP contribution in [0, 0.1) is 11.7 Å². The zero-order chi connectivity index (χ0) is 18.1. The number of hydrogen-bond acceptors (Lipinski definition) is 3. The van der Waals surface area contributed by atoms with E-state index in [-0.39, 0.29) is 17.6 Å². The molecule has 0 spiro atoms. The number of fused-ring (bicyclic) bond motifs is 1. The van der Waals surface area contributed by atoms with Gasteiger partial charge in [-0.2, -0.15) is 0 Å². The van der Waals surface area contributed by atoms with Gasteiger partial charge in [0.1, 0.15) is 5.82 Å². The Morgan fingerprint density at radius 1 is 1.00 bits per heavy atom. The SMILES string of the molecule is O=C(NNC(=O)C1CC1)c1cc(-c2ccc(F)cc2)nc2ccccc12. The van der Waals surface area contributed by atoms with Gasteiger partial charge in [-0.25, -0.2) is 9.37 Å². The number of rotatable bonds is 3. The van der Waals surface area contributed by atoms with Crippen molar-refractivity contribution < 1.29 is 14.0 Å². The molecule has 4 rings (SSSR count). The molecule has 2 N–H and O–H groups in total. The number of carbonyl (C=O) groups is 2. The molecule has 5 nitrogen and oxygen atoms in total. The number of nitrogens with one attached hydrogen (secondary N) is 2. The fraction of sp³-hybridized carbons (Fsp3) is 0.150. The summed E-state index contributed by atoms with van der Waals surface area (Å²) in [5, 5.41) is 0.677. The number of aromatic nitrogens is 1. The quantitative estimate of drug-likeness (QED) is 0.713. The minimum atomic E-state index is -0.416. The Kier molecular flexibility index (Phi) is 4.08. The average Bonchev–Trinajstić information content (AvgIpc) is 3.51. The summed E-state index contributed by atoms with van der Waals surface area (Å²) >= 11 is 0. The van der Waals surface area contributed by atoms with Gasteiger partial charge in [0.2, 0.25) is 5.91 Å². The van der Waals surface area contributed by atoms with E-state index in [2.05, 4.69) is 15.8 Å². The third kappa shape index (κ3) is 3.26. The number of halogens is 1. The van der Waals surface area contributed by atoms with Crippen LogP contribution in [-0.4, -0.2) is 16.8 Å². The molecule has 1 aromatic heterocycles. The van der Waals surface area contributed by atoms with Crippen LogP contribution in [0.3, 0.4) is 0 Å². The highest BCUT2D eigenvalue weighted by Crippen LogP contribution is 2.28. The number of hydrogen-bond donors (Lipinski definition) is 2. The lowest BCUT2D eigenvalue weighted by atomic mass is 10.0. The van der Waals surface area contributed by atoms with Crippen molar-refractivity contribution in [1.29, 1.82) is 0 Å². The first-order chi connectivity index (χ1) is 12.6. The summed E-state index contributed by atoms with van der Waals surface area (Å²) in [4.78, 5) is 28.9. The van der Waals surface area contributed by atoms with Gasteiger partial charge >= 0.3 is 0 Å². The van der Waals surface area contributed by atoms with E-state index in [1.165, 1.54) is 12.1 Å². The second kappa shape index (κ2) is 6.55. The van der Waals surface area contributed by atoms with Gasteiger partial charge in [0.25, 0.3) is 5.91 Å². The van der Waals surface area contributed by atoms with E-state index >= 15 is 0 Å². The predicted molar refractivity (Wildman–Crippen MR) is 95.5 cm³/mol. The average molecular weight is 349 g/mol. The molecule has 26 heavy (non-hydrogen) atoms. The summed E-state index contributed by atoms with van der Waals surface area (Å²) in [6.07, 6.45) is 1.71. The second-order valence-electron chi connectivity index (χ2n) is 6.30. The van der Waals surface area contributed by atoms with Crippen LogP contribution < -0.4 is 10.9 Å². The summed E-state index contributed by atoms with van der Waals surface area (Å²) in [5.41, 5.74) is 7.24. The molecule has 130 valence electrons. The molecule has 2 aromatic carbocycles. The van der Waals surface area contributed by atoms with Gasteiger partial charge in [0, 0.05) is 16.9 Å². The van der Waals surface area contributed by atoms with Crippen LogP contribution in [0.25, 0.3) is 22.2 Å². The zero-order valence-electron chi connectivity index (χ0n) is 13.8. The van der Waals surface area contributed by atoms with Gasteiger partial charge in [-0.1, -0.05) is 18.2 Å². The lowest BCUT2D eigenvalue weighted by Gasteiger charge is -2.11. The first-order valence-electron chi connectivity index (χ1n) is 8.38. The molecular weight excluding hydrogens is 333 g/mol. The zero-order valence-corrected chi connectivity index (χ0v) is 13.8. The van der Waals surface area contributed by atoms with Crippen molar-refractivity contribution in [3.8, 4) is 11.3 Å². The molecule has 1 fully saturated rings. The van der Waals surface area contributed by atoms with Gasteiger partial charge in [0.05, 0.1) is 16.8 Å². The van der Waals surface area contributed by atoms with Crippen LogP contribution in [0.15, 0.2) is 54.6 Å². The van der Waals surface area contributed by atoms with Gasteiger partial charge < -0.3 is 0 Å². The van der Waals surface area contributed by atoms with E-state index in [4.69, 9.17) is 0 Å². The third-order valence-corrected chi connectivity index (χ3v) is 4.35.